The van der Waals surface area contributed by atoms with Crippen molar-refractivity contribution in [3.63, 3.8) is 0 Å². The summed E-state index contributed by atoms with van der Waals surface area (Å²) in [5, 5.41) is 4.51. The fourth-order valence-corrected chi connectivity index (χ4v) is 3.20. The second-order valence-corrected chi connectivity index (χ2v) is 9.13. The summed E-state index contributed by atoms with van der Waals surface area (Å²) in [5.74, 6) is -1.48. The number of anilines is 1. The zero-order valence-corrected chi connectivity index (χ0v) is 19.7. The Morgan fingerprint density at radius 2 is 1.69 bits per heavy atom. The molecule has 2 N–H and O–H groups in total. The minimum Gasteiger partial charge on any atom is -0.492 e. The number of carbonyl (C=O) groups excluding carboxylic acids is 2. The predicted octanol–water partition coefficient (Wildman–Crippen LogP) is 5.72. The molecule has 2 aromatic carbocycles. The van der Waals surface area contributed by atoms with E-state index in [1.807, 2.05) is 18.2 Å². The largest absolute Gasteiger partial charge is 0.492 e. The minimum absolute atomic E-state index is 0.0361. The molecule has 0 atom stereocenters. The molecular weight excluding hydrogens is 489 g/mol. The van der Waals surface area contributed by atoms with Crippen LogP contribution >= 0.6 is 15.9 Å². The number of hydrogen-bond donors (Lipinski definition) is 2. The van der Waals surface area contributed by atoms with Crippen LogP contribution in [0.5, 0.6) is 5.75 Å². The van der Waals surface area contributed by atoms with Crippen LogP contribution in [0.2, 0.25) is 0 Å². The van der Waals surface area contributed by atoms with E-state index < -0.39 is 12.1 Å². The van der Waals surface area contributed by atoms with E-state index in [1.54, 1.807) is 17.4 Å². The molecule has 9 heteroatoms. The van der Waals surface area contributed by atoms with E-state index >= 15 is 0 Å². The molecule has 0 spiro atoms. The Hall–Kier alpha value is -2.55. The van der Waals surface area contributed by atoms with E-state index in [0.29, 0.717) is 30.0 Å². The van der Waals surface area contributed by atoms with Crippen molar-refractivity contribution in [3.05, 3.63) is 58.1 Å². The Morgan fingerprint density at radius 1 is 1.03 bits per heavy atom. The first-order valence-corrected chi connectivity index (χ1v) is 10.8. The van der Waals surface area contributed by atoms with Gasteiger partial charge in [-0.1, -0.05) is 39.0 Å². The maximum Gasteiger partial charge on any atom is 0.471 e. The summed E-state index contributed by atoms with van der Waals surface area (Å²) >= 11 is 3.52. The van der Waals surface area contributed by atoms with Crippen LogP contribution in [0.1, 0.15) is 44.7 Å². The maximum atomic E-state index is 12.2. The molecule has 0 aliphatic carbocycles. The third-order valence-corrected chi connectivity index (χ3v) is 5.17. The van der Waals surface area contributed by atoms with Gasteiger partial charge in [-0.05, 0) is 63.2 Å². The molecule has 2 amide bonds. The van der Waals surface area contributed by atoms with Crippen LogP contribution in [0.15, 0.2) is 46.9 Å². The molecule has 0 aliphatic rings. The van der Waals surface area contributed by atoms with E-state index in [4.69, 9.17) is 4.74 Å². The Morgan fingerprint density at radius 3 is 2.25 bits per heavy atom. The molecule has 174 valence electrons. The lowest BCUT2D eigenvalue weighted by atomic mass is 9.87. The highest BCUT2D eigenvalue weighted by molar-refractivity contribution is 9.10. The lowest BCUT2D eigenvalue weighted by molar-refractivity contribution is -0.173. The molecule has 5 nitrogen and oxygen atoms in total. The first-order chi connectivity index (χ1) is 14.9. The highest BCUT2D eigenvalue weighted by Crippen LogP contribution is 2.31. The van der Waals surface area contributed by atoms with Gasteiger partial charge in [0.25, 0.3) is 0 Å². The fourth-order valence-electron chi connectivity index (χ4n) is 2.71. The highest BCUT2D eigenvalue weighted by Gasteiger charge is 2.38. The molecule has 0 aliphatic heterocycles. The average molecular weight is 515 g/mol. The molecule has 0 aromatic heterocycles. The van der Waals surface area contributed by atoms with Crippen LogP contribution in [0.3, 0.4) is 0 Å². The summed E-state index contributed by atoms with van der Waals surface area (Å²) in [6, 6.07) is 12.2. The van der Waals surface area contributed by atoms with Gasteiger partial charge in [0.1, 0.15) is 5.75 Å². The minimum atomic E-state index is -4.91. The topological polar surface area (TPSA) is 67.4 Å². The van der Waals surface area contributed by atoms with Crippen LogP contribution in [0.25, 0.3) is 0 Å². The van der Waals surface area contributed by atoms with Gasteiger partial charge in [0.15, 0.2) is 0 Å². The number of amides is 2. The van der Waals surface area contributed by atoms with Gasteiger partial charge in [-0.3, -0.25) is 9.59 Å². The fraction of sp³-hybridized carbons (Fsp3) is 0.391. The standard InChI is InChI=1S/C23H26BrF3N2O3/c1-22(2,3)16-8-11-19(18(24)13-16)32-12-4-5-20(30)29-17-9-6-15(7-10-17)14-28-21(31)23(25,26)27/h6-11,13H,4-5,12,14H2,1-3H3,(H,28,31)(H,29,30). The van der Waals surface area contributed by atoms with Gasteiger partial charge in [-0.25, -0.2) is 0 Å². The summed E-state index contributed by atoms with van der Waals surface area (Å²) in [5.41, 5.74) is 2.22. The van der Waals surface area contributed by atoms with E-state index in [-0.39, 0.29) is 24.3 Å². The molecule has 0 unspecified atom stereocenters. The quantitative estimate of drug-likeness (QED) is 0.442. The summed E-state index contributed by atoms with van der Waals surface area (Å²) in [6.07, 6.45) is -4.15. The van der Waals surface area contributed by atoms with Crippen LogP contribution in [0.4, 0.5) is 18.9 Å². The maximum absolute atomic E-state index is 12.2. The number of carbonyl (C=O) groups is 2. The third kappa shape index (κ3) is 8.18. The van der Waals surface area contributed by atoms with Crippen molar-refractivity contribution in [2.24, 2.45) is 0 Å². The summed E-state index contributed by atoms with van der Waals surface area (Å²) in [6.45, 7) is 6.52. The number of rotatable bonds is 8. The molecule has 2 aromatic rings. The van der Waals surface area contributed by atoms with Gasteiger partial charge in [-0.15, -0.1) is 0 Å². The number of ether oxygens (including phenoxy) is 1. The normalized spacial score (nSPS) is 11.7. The third-order valence-electron chi connectivity index (χ3n) is 4.55. The van der Waals surface area contributed by atoms with Crippen LogP contribution in [0, 0.1) is 0 Å². The Balaban J connectivity index is 1.74. The molecule has 32 heavy (non-hydrogen) atoms. The molecule has 0 saturated carbocycles. The molecule has 2 rings (SSSR count). The van der Waals surface area contributed by atoms with Gasteiger partial charge in [0.2, 0.25) is 5.91 Å². The summed E-state index contributed by atoms with van der Waals surface area (Å²) in [4.78, 5) is 22.9. The van der Waals surface area contributed by atoms with Crippen molar-refractivity contribution in [2.45, 2.75) is 51.7 Å². The second kappa shape index (κ2) is 10.8. The first kappa shape index (κ1) is 25.7. The van der Waals surface area contributed by atoms with E-state index in [0.717, 1.165) is 4.47 Å². The van der Waals surface area contributed by atoms with Crippen LogP contribution in [-0.2, 0) is 21.5 Å². The number of halogens is 4. The van der Waals surface area contributed by atoms with E-state index in [2.05, 4.69) is 42.0 Å². The smallest absolute Gasteiger partial charge is 0.471 e. The SMILES string of the molecule is CC(C)(C)c1ccc(OCCCC(=O)Nc2ccc(CNC(=O)C(F)(F)F)cc2)c(Br)c1. The zero-order chi connectivity index (χ0) is 23.9. The summed E-state index contributed by atoms with van der Waals surface area (Å²) < 4.78 is 43.2. The van der Waals surface area contributed by atoms with E-state index in [9.17, 15) is 22.8 Å². The molecule has 0 radical (unpaired) electrons. The van der Waals surface area contributed by atoms with Crippen molar-refractivity contribution < 1.29 is 27.5 Å². The van der Waals surface area contributed by atoms with Crippen molar-refractivity contribution in [1.29, 1.82) is 0 Å². The Labute approximate surface area is 193 Å². The van der Waals surface area contributed by atoms with Gasteiger partial charge < -0.3 is 15.4 Å². The monoisotopic (exact) mass is 514 g/mol. The first-order valence-electron chi connectivity index (χ1n) is 10.0. The second-order valence-electron chi connectivity index (χ2n) is 8.27. The van der Waals surface area contributed by atoms with Gasteiger partial charge >= 0.3 is 12.1 Å². The number of nitrogens with one attached hydrogen (secondary N) is 2. The zero-order valence-electron chi connectivity index (χ0n) is 18.1. The Kier molecular flexibility index (Phi) is 8.72. The van der Waals surface area contributed by atoms with Gasteiger partial charge in [0, 0.05) is 18.7 Å². The number of alkyl halides is 3. The van der Waals surface area contributed by atoms with Crippen molar-refractivity contribution in [2.75, 3.05) is 11.9 Å². The van der Waals surface area contributed by atoms with Crippen molar-refractivity contribution in [1.82, 2.24) is 5.32 Å². The van der Waals surface area contributed by atoms with Crippen molar-refractivity contribution >= 4 is 33.4 Å². The Bertz CT molecular complexity index is 939. The number of benzene rings is 2. The van der Waals surface area contributed by atoms with Gasteiger partial charge in [0.05, 0.1) is 11.1 Å². The number of hydrogen-bond acceptors (Lipinski definition) is 3. The molecule has 0 heterocycles. The van der Waals surface area contributed by atoms with Crippen LogP contribution in [-0.4, -0.2) is 24.6 Å². The molecule has 0 fully saturated rings. The average Bonchev–Trinajstić information content (AvgIpc) is 2.70. The van der Waals surface area contributed by atoms with Crippen LogP contribution < -0.4 is 15.4 Å². The summed E-state index contributed by atoms with van der Waals surface area (Å²) in [7, 11) is 0. The predicted molar refractivity (Wildman–Crippen MR) is 121 cm³/mol. The van der Waals surface area contributed by atoms with Gasteiger partial charge in [-0.2, -0.15) is 13.2 Å². The van der Waals surface area contributed by atoms with Crippen molar-refractivity contribution in [3.8, 4) is 5.75 Å². The lowest BCUT2D eigenvalue weighted by Gasteiger charge is -2.20. The lowest BCUT2D eigenvalue weighted by Crippen LogP contribution is -2.36. The molecular formula is C23H26BrF3N2O3. The molecule has 0 saturated heterocycles. The molecule has 0 bridgehead atoms. The van der Waals surface area contributed by atoms with E-state index in [1.165, 1.54) is 17.7 Å². The highest BCUT2D eigenvalue weighted by atomic mass is 79.9.